The zero-order valence-electron chi connectivity index (χ0n) is 10.6. The van der Waals surface area contributed by atoms with Gasteiger partial charge in [0.25, 0.3) is 0 Å². The number of fused-ring (bicyclic) bond motifs is 1. The molecule has 0 saturated heterocycles. The lowest BCUT2D eigenvalue weighted by Gasteiger charge is -2.16. The van der Waals surface area contributed by atoms with Gasteiger partial charge in [0.15, 0.2) is 0 Å². The Bertz CT molecular complexity index is 749. The lowest BCUT2D eigenvalue weighted by Crippen LogP contribution is -2.26. The zero-order valence-corrected chi connectivity index (χ0v) is 13.0. The van der Waals surface area contributed by atoms with Crippen LogP contribution in [0.2, 0.25) is 0 Å². The van der Waals surface area contributed by atoms with Gasteiger partial charge in [-0.1, -0.05) is 24.3 Å². The number of hydrogen-bond donors (Lipinski definition) is 1. The van der Waals surface area contributed by atoms with E-state index in [1.165, 1.54) is 10.4 Å². The summed E-state index contributed by atoms with van der Waals surface area (Å²) in [5, 5.41) is 0. The van der Waals surface area contributed by atoms with Crippen LogP contribution in [0.1, 0.15) is 11.1 Å². The lowest BCUT2D eigenvalue weighted by molar-refractivity contribution is 0.431. The summed E-state index contributed by atoms with van der Waals surface area (Å²) in [6.45, 7) is 0.824. The largest absolute Gasteiger partial charge is 0.399 e. The number of rotatable bonds is 2. The van der Waals surface area contributed by atoms with E-state index in [2.05, 4.69) is 15.9 Å². The summed E-state index contributed by atoms with van der Waals surface area (Å²) in [6.07, 6.45) is 0. The molecule has 104 valence electrons. The highest BCUT2D eigenvalue weighted by Crippen LogP contribution is 2.32. The second kappa shape index (κ2) is 4.87. The van der Waals surface area contributed by atoms with Crippen LogP contribution in [0.25, 0.3) is 0 Å². The predicted octanol–water partition coefficient (Wildman–Crippen LogP) is 2.74. The Morgan fingerprint density at radius 3 is 2.20 bits per heavy atom. The summed E-state index contributed by atoms with van der Waals surface area (Å²) in [4.78, 5) is 0.250. The molecule has 0 saturated carbocycles. The average molecular weight is 353 g/mol. The van der Waals surface area contributed by atoms with Gasteiger partial charge in [-0.15, -0.1) is 0 Å². The second-order valence-electron chi connectivity index (χ2n) is 4.73. The van der Waals surface area contributed by atoms with Crippen molar-refractivity contribution in [1.29, 1.82) is 0 Å². The van der Waals surface area contributed by atoms with Crippen molar-refractivity contribution in [3.8, 4) is 0 Å². The second-order valence-corrected chi connectivity index (χ2v) is 7.49. The van der Waals surface area contributed by atoms with Gasteiger partial charge >= 0.3 is 0 Å². The van der Waals surface area contributed by atoms with Gasteiger partial charge in [-0.3, -0.25) is 0 Å². The minimum atomic E-state index is -3.52. The van der Waals surface area contributed by atoms with Crippen LogP contribution in [0.15, 0.2) is 51.8 Å². The monoisotopic (exact) mass is 352 g/mol. The molecule has 0 atom stereocenters. The summed E-state index contributed by atoms with van der Waals surface area (Å²) in [5.41, 5.74) is 8.30. The number of nitrogen functional groups attached to an aromatic ring is 1. The highest BCUT2D eigenvalue weighted by molar-refractivity contribution is 9.10. The summed E-state index contributed by atoms with van der Waals surface area (Å²) in [5.74, 6) is 0. The fraction of sp³-hybridized carbons (Fsp3) is 0.143. The number of nitrogens with two attached hydrogens (primary N) is 1. The first-order chi connectivity index (χ1) is 9.48. The molecule has 0 aliphatic carbocycles. The first kappa shape index (κ1) is 13.6. The van der Waals surface area contributed by atoms with Gasteiger partial charge in [0.05, 0.1) is 4.90 Å². The first-order valence-corrected chi connectivity index (χ1v) is 8.34. The van der Waals surface area contributed by atoms with Crippen LogP contribution in [0.5, 0.6) is 0 Å². The molecule has 0 bridgehead atoms. The molecular weight excluding hydrogens is 340 g/mol. The Morgan fingerprint density at radius 2 is 1.65 bits per heavy atom. The van der Waals surface area contributed by atoms with Crippen LogP contribution in [-0.4, -0.2) is 12.7 Å². The molecule has 1 aliphatic rings. The average Bonchev–Trinajstić information content (AvgIpc) is 2.82. The molecule has 1 aliphatic heterocycles. The van der Waals surface area contributed by atoms with E-state index in [1.54, 1.807) is 12.1 Å². The SMILES string of the molecule is Nc1ccc(S(=O)(=O)N2Cc3ccccc3C2)c(Br)c1. The Kier molecular flexibility index (Phi) is 3.32. The maximum absolute atomic E-state index is 12.7. The molecule has 0 amide bonds. The van der Waals surface area contributed by atoms with Crippen LogP contribution in [-0.2, 0) is 23.1 Å². The molecular formula is C14H13BrN2O2S. The van der Waals surface area contributed by atoms with Gasteiger partial charge in [-0.05, 0) is 45.3 Å². The quantitative estimate of drug-likeness (QED) is 0.845. The van der Waals surface area contributed by atoms with Crippen LogP contribution >= 0.6 is 15.9 Å². The van der Waals surface area contributed by atoms with E-state index in [0.717, 1.165) is 11.1 Å². The third-order valence-electron chi connectivity index (χ3n) is 3.39. The molecule has 0 radical (unpaired) electrons. The Morgan fingerprint density at radius 1 is 1.05 bits per heavy atom. The summed E-state index contributed by atoms with van der Waals surface area (Å²) in [6, 6.07) is 12.5. The number of anilines is 1. The van der Waals surface area contributed by atoms with Gasteiger partial charge in [0.2, 0.25) is 10.0 Å². The van der Waals surface area contributed by atoms with E-state index in [9.17, 15) is 8.42 Å². The standard InChI is InChI=1S/C14H13BrN2O2S/c15-13-7-12(16)5-6-14(13)20(18,19)17-8-10-3-1-2-4-11(10)9-17/h1-7H,8-9,16H2. The van der Waals surface area contributed by atoms with Crippen molar-refractivity contribution in [3.05, 3.63) is 58.1 Å². The van der Waals surface area contributed by atoms with E-state index in [-0.39, 0.29) is 4.90 Å². The smallest absolute Gasteiger partial charge is 0.244 e. The zero-order chi connectivity index (χ0) is 14.3. The summed E-state index contributed by atoms with van der Waals surface area (Å²) in [7, 11) is -3.52. The topological polar surface area (TPSA) is 63.4 Å². The van der Waals surface area contributed by atoms with Crippen molar-refractivity contribution in [2.75, 3.05) is 5.73 Å². The first-order valence-electron chi connectivity index (χ1n) is 6.10. The van der Waals surface area contributed by atoms with Crippen LogP contribution in [0.4, 0.5) is 5.69 Å². The number of nitrogens with zero attached hydrogens (tertiary/aromatic N) is 1. The van der Waals surface area contributed by atoms with Crippen molar-refractivity contribution in [1.82, 2.24) is 4.31 Å². The van der Waals surface area contributed by atoms with Gasteiger partial charge < -0.3 is 5.73 Å². The maximum atomic E-state index is 12.7. The fourth-order valence-corrected chi connectivity index (χ4v) is 4.79. The number of sulfonamides is 1. The molecule has 3 rings (SSSR count). The van der Waals surface area contributed by atoms with E-state index in [0.29, 0.717) is 23.2 Å². The Balaban J connectivity index is 1.99. The molecule has 0 fully saturated rings. The van der Waals surface area contributed by atoms with Crippen molar-refractivity contribution < 1.29 is 8.42 Å². The van der Waals surface area contributed by atoms with E-state index in [4.69, 9.17) is 5.73 Å². The minimum absolute atomic E-state index is 0.250. The molecule has 20 heavy (non-hydrogen) atoms. The molecule has 0 unspecified atom stereocenters. The minimum Gasteiger partial charge on any atom is -0.399 e. The molecule has 2 aromatic rings. The maximum Gasteiger partial charge on any atom is 0.244 e. The fourth-order valence-electron chi connectivity index (χ4n) is 2.34. The highest BCUT2D eigenvalue weighted by Gasteiger charge is 2.31. The van der Waals surface area contributed by atoms with E-state index in [1.807, 2.05) is 24.3 Å². The molecule has 6 heteroatoms. The summed E-state index contributed by atoms with van der Waals surface area (Å²) >= 11 is 3.28. The van der Waals surface area contributed by atoms with Gasteiger partial charge in [0, 0.05) is 23.2 Å². The third-order valence-corrected chi connectivity index (χ3v) is 6.15. The van der Waals surface area contributed by atoms with E-state index >= 15 is 0 Å². The predicted molar refractivity (Wildman–Crippen MR) is 81.4 cm³/mol. The van der Waals surface area contributed by atoms with E-state index < -0.39 is 10.0 Å². The number of hydrogen-bond acceptors (Lipinski definition) is 3. The van der Waals surface area contributed by atoms with Gasteiger partial charge in [-0.2, -0.15) is 4.31 Å². The van der Waals surface area contributed by atoms with Gasteiger partial charge in [0.1, 0.15) is 0 Å². The molecule has 0 spiro atoms. The molecule has 2 N–H and O–H groups in total. The molecule has 2 aromatic carbocycles. The highest BCUT2D eigenvalue weighted by atomic mass is 79.9. The third kappa shape index (κ3) is 2.24. The molecule has 0 aromatic heterocycles. The Labute approximate surface area is 126 Å². The number of halogens is 1. The van der Waals surface area contributed by atoms with Crippen molar-refractivity contribution in [2.45, 2.75) is 18.0 Å². The van der Waals surface area contributed by atoms with Crippen molar-refractivity contribution >= 4 is 31.6 Å². The van der Waals surface area contributed by atoms with Gasteiger partial charge in [-0.25, -0.2) is 8.42 Å². The molecule has 4 nitrogen and oxygen atoms in total. The number of benzene rings is 2. The lowest BCUT2D eigenvalue weighted by atomic mass is 10.1. The normalized spacial score (nSPS) is 15.2. The van der Waals surface area contributed by atoms with Crippen LogP contribution < -0.4 is 5.73 Å². The van der Waals surface area contributed by atoms with Crippen LogP contribution in [0, 0.1) is 0 Å². The van der Waals surface area contributed by atoms with Crippen molar-refractivity contribution in [2.24, 2.45) is 0 Å². The molecule has 1 heterocycles. The Hall–Kier alpha value is -1.37. The van der Waals surface area contributed by atoms with Crippen LogP contribution in [0.3, 0.4) is 0 Å². The van der Waals surface area contributed by atoms with Crippen molar-refractivity contribution in [3.63, 3.8) is 0 Å². The summed E-state index contributed by atoms with van der Waals surface area (Å²) < 4.78 is 27.4.